The van der Waals surface area contributed by atoms with Gasteiger partial charge in [0.1, 0.15) is 4.83 Å². The van der Waals surface area contributed by atoms with Gasteiger partial charge in [-0.1, -0.05) is 6.92 Å². The zero-order chi connectivity index (χ0) is 20.0. The van der Waals surface area contributed by atoms with Gasteiger partial charge >= 0.3 is 11.9 Å². The monoisotopic (exact) mass is 404 g/mol. The molecule has 3 rings (SSSR count). The summed E-state index contributed by atoms with van der Waals surface area (Å²) in [5.41, 5.74) is 5.22. The summed E-state index contributed by atoms with van der Waals surface area (Å²) in [4.78, 5) is 27.0. The summed E-state index contributed by atoms with van der Waals surface area (Å²) in [6, 6.07) is 0. The first kappa shape index (κ1) is 20.1. The molecule has 150 valence electrons. The Kier molecular flexibility index (Phi) is 5.26. The highest BCUT2D eigenvalue weighted by Crippen LogP contribution is 2.46. The van der Waals surface area contributed by atoms with Crippen LogP contribution in [-0.4, -0.2) is 22.4 Å². The first-order chi connectivity index (χ1) is 12.6. The van der Waals surface area contributed by atoms with Gasteiger partial charge in [-0.25, -0.2) is 4.79 Å². The number of hydrazine groups is 1. The highest BCUT2D eigenvalue weighted by atomic mass is 32.1. The molecule has 2 aromatic rings. The summed E-state index contributed by atoms with van der Waals surface area (Å²) >= 11 is 1.19. The van der Waals surface area contributed by atoms with E-state index in [0.29, 0.717) is 22.3 Å². The molecule has 2 N–H and O–H groups in total. The molecule has 1 saturated carbocycles. The molecule has 2 heterocycles. The predicted octanol–water partition coefficient (Wildman–Crippen LogP) is 2.51. The van der Waals surface area contributed by atoms with Gasteiger partial charge < -0.3 is 0 Å². The Morgan fingerprint density at radius 1 is 1.22 bits per heavy atom. The number of alkyl halides is 3. The molecule has 0 bridgehead atoms. The van der Waals surface area contributed by atoms with Crippen molar-refractivity contribution in [2.24, 2.45) is 5.41 Å². The lowest BCUT2D eigenvalue weighted by Gasteiger charge is -2.15. The standard InChI is InChI=1S/C17H23F3N4O2S/c1-10-11(8-22-21-3)27-14-12(10)13(25)24(9-16(2)4-5-16)15(26)23(14)7-6-17(18,19)20/h21-22H,4-9H2,1-3H3. The Balaban J connectivity index is 2.19. The van der Waals surface area contributed by atoms with Gasteiger partial charge in [-0.3, -0.25) is 24.8 Å². The number of fused-ring (bicyclic) bond motifs is 1. The second kappa shape index (κ2) is 7.06. The number of halogens is 3. The quantitative estimate of drug-likeness (QED) is 0.696. The second-order valence-electron chi connectivity index (χ2n) is 7.44. The van der Waals surface area contributed by atoms with Gasteiger partial charge in [0.05, 0.1) is 11.8 Å². The smallest absolute Gasteiger partial charge is 0.284 e. The molecule has 0 radical (unpaired) electrons. The molecule has 2 aromatic heterocycles. The summed E-state index contributed by atoms with van der Waals surface area (Å²) in [5.74, 6) is 0. The Hall–Kier alpha value is -1.65. The minimum Gasteiger partial charge on any atom is -0.284 e. The Labute approximate surface area is 158 Å². The first-order valence-corrected chi connectivity index (χ1v) is 9.60. The molecule has 0 atom stereocenters. The molecule has 1 aliphatic rings. The topological polar surface area (TPSA) is 68.1 Å². The maximum atomic E-state index is 13.0. The van der Waals surface area contributed by atoms with Gasteiger partial charge in [0.25, 0.3) is 5.56 Å². The Morgan fingerprint density at radius 2 is 1.89 bits per heavy atom. The van der Waals surface area contributed by atoms with Gasteiger partial charge in [0.2, 0.25) is 0 Å². The Morgan fingerprint density at radius 3 is 2.44 bits per heavy atom. The van der Waals surface area contributed by atoms with E-state index in [4.69, 9.17) is 0 Å². The summed E-state index contributed by atoms with van der Waals surface area (Å²) in [6.07, 6.45) is -3.69. The molecule has 0 spiro atoms. The molecule has 27 heavy (non-hydrogen) atoms. The van der Waals surface area contributed by atoms with E-state index in [1.165, 1.54) is 11.3 Å². The van der Waals surface area contributed by atoms with Crippen molar-refractivity contribution in [3.63, 3.8) is 0 Å². The van der Waals surface area contributed by atoms with E-state index in [2.05, 4.69) is 10.9 Å². The van der Waals surface area contributed by atoms with Crippen LogP contribution in [-0.2, 0) is 19.6 Å². The molecule has 6 nitrogen and oxygen atoms in total. The maximum Gasteiger partial charge on any atom is 0.390 e. The number of aryl methyl sites for hydroxylation is 2. The normalized spacial score (nSPS) is 16.2. The van der Waals surface area contributed by atoms with Crippen molar-refractivity contribution in [2.75, 3.05) is 7.05 Å². The number of hydrogen-bond donors (Lipinski definition) is 2. The zero-order valence-corrected chi connectivity index (χ0v) is 16.3. The van der Waals surface area contributed by atoms with E-state index in [0.717, 1.165) is 26.9 Å². The van der Waals surface area contributed by atoms with Gasteiger partial charge in [-0.15, -0.1) is 11.3 Å². The summed E-state index contributed by atoms with van der Waals surface area (Å²) in [7, 11) is 1.70. The van der Waals surface area contributed by atoms with Crippen LogP contribution in [0.3, 0.4) is 0 Å². The molecule has 0 saturated heterocycles. The number of nitrogens with zero attached hydrogens (tertiary/aromatic N) is 2. The number of rotatable bonds is 7. The second-order valence-corrected chi connectivity index (χ2v) is 8.52. The first-order valence-electron chi connectivity index (χ1n) is 8.78. The van der Waals surface area contributed by atoms with Gasteiger partial charge in [-0.05, 0) is 37.8 Å². The summed E-state index contributed by atoms with van der Waals surface area (Å²) in [5, 5.41) is 0.346. The number of thiophene rings is 1. The van der Waals surface area contributed by atoms with Gasteiger partial charge in [0.15, 0.2) is 0 Å². The van der Waals surface area contributed by atoms with Crippen LogP contribution in [0.25, 0.3) is 10.2 Å². The molecule has 0 aromatic carbocycles. The molecular formula is C17H23F3N4O2S. The van der Waals surface area contributed by atoms with Crippen LogP contribution in [0.5, 0.6) is 0 Å². The van der Waals surface area contributed by atoms with E-state index in [1.807, 2.05) is 6.92 Å². The molecular weight excluding hydrogens is 381 g/mol. The van der Waals surface area contributed by atoms with Gasteiger partial charge in [-0.2, -0.15) is 13.2 Å². The highest BCUT2D eigenvalue weighted by Gasteiger charge is 2.39. The molecule has 10 heteroatoms. The molecule has 1 aliphatic carbocycles. The highest BCUT2D eigenvalue weighted by molar-refractivity contribution is 7.18. The van der Waals surface area contributed by atoms with Crippen LogP contribution in [0, 0.1) is 12.3 Å². The van der Waals surface area contributed by atoms with Crippen molar-refractivity contribution in [3.8, 4) is 0 Å². The fraction of sp³-hybridized carbons (Fsp3) is 0.647. The van der Waals surface area contributed by atoms with Crippen LogP contribution < -0.4 is 22.1 Å². The third-order valence-corrected chi connectivity index (χ3v) is 6.40. The summed E-state index contributed by atoms with van der Waals surface area (Å²) < 4.78 is 40.6. The summed E-state index contributed by atoms with van der Waals surface area (Å²) in [6.45, 7) is 3.91. The van der Waals surface area contributed by atoms with Crippen molar-refractivity contribution in [3.05, 3.63) is 31.3 Å². The molecule has 0 amide bonds. The van der Waals surface area contributed by atoms with E-state index in [9.17, 15) is 22.8 Å². The average molecular weight is 404 g/mol. The molecule has 0 aliphatic heterocycles. The Bertz CT molecular complexity index is 970. The molecule has 1 fully saturated rings. The van der Waals surface area contributed by atoms with Crippen molar-refractivity contribution >= 4 is 21.6 Å². The third-order valence-electron chi connectivity index (χ3n) is 5.08. The fourth-order valence-electron chi connectivity index (χ4n) is 3.11. The van der Waals surface area contributed by atoms with Crippen molar-refractivity contribution in [1.82, 2.24) is 20.0 Å². The lowest BCUT2D eigenvalue weighted by molar-refractivity contribution is -0.136. The lowest BCUT2D eigenvalue weighted by atomic mass is 10.1. The maximum absolute atomic E-state index is 13.0. The van der Waals surface area contributed by atoms with E-state index >= 15 is 0 Å². The third kappa shape index (κ3) is 4.12. The average Bonchev–Trinajstić information content (AvgIpc) is 3.21. The number of hydrogen-bond acceptors (Lipinski definition) is 5. The zero-order valence-electron chi connectivity index (χ0n) is 15.5. The van der Waals surface area contributed by atoms with Crippen LogP contribution in [0.4, 0.5) is 13.2 Å². The van der Waals surface area contributed by atoms with Crippen molar-refractivity contribution in [2.45, 2.75) is 58.9 Å². The minimum atomic E-state index is -4.38. The SMILES string of the molecule is CNNCc1sc2c(c1C)c(=O)n(CC1(C)CC1)c(=O)n2CCC(F)(F)F. The van der Waals surface area contributed by atoms with Crippen LogP contribution >= 0.6 is 11.3 Å². The largest absolute Gasteiger partial charge is 0.390 e. The molecule has 0 unspecified atom stereocenters. The predicted molar refractivity (Wildman–Crippen MR) is 99.0 cm³/mol. The van der Waals surface area contributed by atoms with Crippen LogP contribution in [0.2, 0.25) is 0 Å². The number of aromatic nitrogens is 2. The van der Waals surface area contributed by atoms with Gasteiger partial charge in [0, 0.05) is 24.5 Å². The van der Waals surface area contributed by atoms with Crippen LogP contribution in [0.15, 0.2) is 9.59 Å². The van der Waals surface area contributed by atoms with Crippen molar-refractivity contribution in [1.29, 1.82) is 0 Å². The fourth-order valence-corrected chi connectivity index (χ4v) is 4.36. The number of nitrogens with one attached hydrogen (secondary N) is 2. The van der Waals surface area contributed by atoms with E-state index < -0.39 is 30.4 Å². The van der Waals surface area contributed by atoms with E-state index in [1.54, 1.807) is 14.0 Å². The lowest BCUT2D eigenvalue weighted by Crippen LogP contribution is -2.41. The van der Waals surface area contributed by atoms with E-state index in [-0.39, 0.29) is 12.0 Å². The van der Waals surface area contributed by atoms with Crippen molar-refractivity contribution < 1.29 is 13.2 Å². The minimum absolute atomic E-state index is 0.126. The van der Waals surface area contributed by atoms with Crippen LogP contribution in [0.1, 0.15) is 36.6 Å².